The highest BCUT2D eigenvalue weighted by Gasteiger charge is 2.29. The van der Waals surface area contributed by atoms with E-state index >= 15 is 0 Å². The molecule has 0 aliphatic carbocycles. The fraction of sp³-hybridized carbons (Fsp3) is 0.643. The van der Waals surface area contributed by atoms with Crippen LogP contribution in [0.4, 0.5) is 0 Å². The van der Waals surface area contributed by atoms with Gasteiger partial charge in [-0.1, -0.05) is 25.6 Å². The van der Waals surface area contributed by atoms with Crippen molar-refractivity contribution in [2.24, 2.45) is 5.92 Å². The minimum Gasteiger partial charge on any atom is -0.463 e. The van der Waals surface area contributed by atoms with Crippen molar-refractivity contribution in [3.05, 3.63) is 11.1 Å². The summed E-state index contributed by atoms with van der Waals surface area (Å²) >= 11 is 1.24. The first-order valence-corrected chi connectivity index (χ1v) is 8.01. The fourth-order valence-electron chi connectivity index (χ4n) is 1.68. The summed E-state index contributed by atoms with van der Waals surface area (Å²) in [5, 5.41) is 3.24. The Morgan fingerprint density at radius 1 is 1.48 bits per heavy atom. The van der Waals surface area contributed by atoms with Gasteiger partial charge >= 0.3 is 5.97 Å². The van der Waals surface area contributed by atoms with E-state index in [0.29, 0.717) is 17.5 Å². The Balaban J connectivity index is 2.55. The molecule has 0 aromatic carbocycles. The lowest BCUT2D eigenvalue weighted by molar-refractivity contribution is -0.137. The van der Waals surface area contributed by atoms with Crippen molar-refractivity contribution in [2.75, 3.05) is 25.4 Å². The van der Waals surface area contributed by atoms with Crippen molar-refractivity contribution in [1.29, 1.82) is 0 Å². The second-order valence-corrected chi connectivity index (χ2v) is 6.03. The number of amides is 2. The van der Waals surface area contributed by atoms with Crippen LogP contribution in [0.5, 0.6) is 0 Å². The molecular weight excluding hydrogens is 292 g/mol. The van der Waals surface area contributed by atoms with E-state index in [1.165, 1.54) is 22.7 Å². The van der Waals surface area contributed by atoms with Crippen molar-refractivity contribution in [3.8, 4) is 0 Å². The van der Waals surface area contributed by atoms with Gasteiger partial charge in [-0.15, -0.1) is 0 Å². The Hall–Kier alpha value is -1.50. The zero-order valence-corrected chi connectivity index (χ0v) is 13.5. The lowest BCUT2D eigenvalue weighted by Crippen LogP contribution is -2.38. The third-order valence-corrected chi connectivity index (χ3v) is 3.81. The van der Waals surface area contributed by atoms with Gasteiger partial charge in [-0.2, -0.15) is 0 Å². The molecule has 1 saturated heterocycles. The molecule has 0 aromatic heterocycles. The van der Waals surface area contributed by atoms with E-state index < -0.39 is 5.97 Å². The van der Waals surface area contributed by atoms with Gasteiger partial charge in [0.1, 0.15) is 6.54 Å². The van der Waals surface area contributed by atoms with Gasteiger partial charge in [-0.25, -0.2) is 4.79 Å². The van der Waals surface area contributed by atoms with E-state index in [2.05, 4.69) is 19.2 Å². The molecule has 1 rings (SSSR count). The van der Waals surface area contributed by atoms with Gasteiger partial charge in [0.25, 0.3) is 0 Å². The number of rotatable bonds is 7. The van der Waals surface area contributed by atoms with Crippen LogP contribution in [0, 0.1) is 5.92 Å². The molecule has 1 aliphatic heterocycles. The Morgan fingerprint density at radius 3 is 2.81 bits per heavy atom. The number of carbonyl (C=O) groups excluding carboxylic acids is 3. The van der Waals surface area contributed by atoms with Gasteiger partial charge < -0.3 is 10.1 Å². The maximum absolute atomic E-state index is 11.8. The van der Waals surface area contributed by atoms with Gasteiger partial charge in [0.05, 0.1) is 23.5 Å². The van der Waals surface area contributed by atoms with Gasteiger partial charge in [-0.3, -0.25) is 14.5 Å². The lowest BCUT2D eigenvalue weighted by atomic mass is 10.1. The van der Waals surface area contributed by atoms with Gasteiger partial charge in [0.2, 0.25) is 11.8 Å². The largest absolute Gasteiger partial charge is 0.463 e. The van der Waals surface area contributed by atoms with Crippen molar-refractivity contribution in [1.82, 2.24) is 10.2 Å². The molecule has 0 radical (unpaired) electrons. The first kappa shape index (κ1) is 17.6. The molecule has 6 nitrogen and oxygen atoms in total. The second-order valence-electron chi connectivity index (χ2n) is 5.04. The molecule has 21 heavy (non-hydrogen) atoms. The summed E-state index contributed by atoms with van der Waals surface area (Å²) in [4.78, 5) is 36.4. The van der Waals surface area contributed by atoms with E-state index in [9.17, 15) is 14.4 Å². The van der Waals surface area contributed by atoms with Gasteiger partial charge in [-0.05, 0) is 19.3 Å². The van der Waals surface area contributed by atoms with Crippen molar-refractivity contribution < 1.29 is 19.1 Å². The van der Waals surface area contributed by atoms with E-state index in [-0.39, 0.29) is 30.7 Å². The number of carbonyl (C=O) groups is 3. The molecule has 0 aromatic rings. The van der Waals surface area contributed by atoms with Crippen LogP contribution in [0.1, 0.15) is 27.2 Å². The van der Waals surface area contributed by atoms with Gasteiger partial charge in [0, 0.05) is 6.54 Å². The average molecular weight is 314 g/mol. The topological polar surface area (TPSA) is 75.7 Å². The molecule has 118 valence electrons. The van der Waals surface area contributed by atoms with Crippen LogP contribution >= 0.6 is 11.8 Å². The Labute approximate surface area is 129 Å². The number of thioether (sulfide) groups is 1. The summed E-state index contributed by atoms with van der Waals surface area (Å²) in [6, 6.07) is 0. The first-order valence-electron chi connectivity index (χ1n) is 7.02. The number of nitrogens with zero attached hydrogens (tertiary/aromatic N) is 1. The third-order valence-electron chi connectivity index (χ3n) is 2.78. The van der Waals surface area contributed by atoms with E-state index in [1.54, 1.807) is 6.92 Å². The normalized spacial score (nSPS) is 16.7. The van der Waals surface area contributed by atoms with Crippen LogP contribution in [-0.2, 0) is 19.1 Å². The van der Waals surface area contributed by atoms with Crippen LogP contribution in [0.3, 0.4) is 0 Å². The molecule has 0 unspecified atom stereocenters. The molecule has 1 fully saturated rings. The number of nitrogens with one attached hydrogen (secondary N) is 1. The number of hydrogen-bond acceptors (Lipinski definition) is 5. The highest BCUT2D eigenvalue weighted by Crippen LogP contribution is 2.28. The molecule has 1 aliphatic rings. The van der Waals surface area contributed by atoms with Gasteiger partial charge in [0.15, 0.2) is 0 Å². The van der Waals surface area contributed by atoms with E-state index in [0.717, 1.165) is 6.42 Å². The van der Waals surface area contributed by atoms with Crippen LogP contribution in [-0.4, -0.2) is 48.1 Å². The number of esters is 1. The molecular formula is C14H22N2O4S. The minimum absolute atomic E-state index is 0.0604. The first-order chi connectivity index (χ1) is 9.93. The molecule has 1 N–H and O–H groups in total. The standard InChI is InChI=1S/C14H22N2O4S/c1-4-20-14(19)7-13-16(12(18)9-21-13)8-11(17)15-6-5-10(2)3/h7,10H,4-6,8-9H2,1-3H3,(H,15,17)/b13-7-. The molecule has 0 bridgehead atoms. The van der Waals surface area contributed by atoms with Crippen LogP contribution in [0.15, 0.2) is 11.1 Å². The predicted molar refractivity (Wildman–Crippen MR) is 81.4 cm³/mol. The monoisotopic (exact) mass is 314 g/mol. The summed E-state index contributed by atoms with van der Waals surface area (Å²) < 4.78 is 4.82. The Morgan fingerprint density at radius 2 is 2.19 bits per heavy atom. The summed E-state index contributed by atoms with van der Waals surface area (Å²) in [5.41, 5.74) is 0. The summed E-state index contributed by atoms with van der Waals surface area (Å²) in [6.07, 6.45) is 2.15. The number of hydrogen-bond donors (Lipinski definition) is 1. The summed E-state index contributed by atoms with van der Waals surface area (Å²) in [5.74, 6) is -0.144. The highest BCUT2D eigenvalue weighted by atomic mass is 32.2. The van der Waals surface area contributed by atoms with E-state index in [4.69, 9.17) is 4.74 Å². The van der Waals surface area contributed by atoms with Crippen LogP contribution in [0.2, 0.25) is 0 Å². The molecule has 1 heterocycles. The molecule has 0 spiro atoms. The fourth-order valence-corrected chi connectivity index (χ4v) is 2.61. The Kier molecular flexibility index (Phi) is 7.28. The Bertz CT molecular complexity index is 435. The van der Waals surface area contributed by atoms with Crippen molar-refractivity contribution >= 4 is 29.5 Å². The molecule has 0 atom stereocenters. The van der Waals surface area contributed by atoms with Crippen LogP contribution in [0.25, 0.3) is 0 Å². The van der Waals surface area contributed by atoms with Crippen molar-refractivity contribution in [2.45, 2.75) is 27.2 Å². The third kappa shape index (κ3) is 6.20. The van der Waals surface area contributed by atoms with E-state index in [1.807, 2.05) is 0 Å². The predicted octanol–water partition coefficient (Wildman–Crippen LogP) is 1.13. The highest BCUT2D eigenvalue weighted by molar-refractivity contribution is 8.04. The second kappa shape index (κ2) is 8.71. The maximum Gasteiger partial charge on any atom is 0.333 e. The zero-order chi connectivity index (χ0) is 15.8. The quantitative estimate of drug-likeness (QED) is 0.563. The van der Waals surface area contributed by atoms with Crippen molar-refractivity contribution in [3.63, 3.8) is 0 Å². The summed E-state index contributed by atoms with van der Waals surface area (Å²) in [7, 11) is 0. The summed E-state index contributed by atoms with van der Waals surface area (Å²) in [6.45, 7) is 6.66. The zero-order valence-electron chi connectivity index (χ0n) is 12.7. The molecule has 0 saturated carbocycles. The average Bonchev–Trinajstić information content (AvgIpc) is 2.71. The lowest BCUT2D eigenvalue weighted by Gasteiger charge is -2.16. The maximum atomic E-state index is 11.8. The number of ether oxygens (including phenoxy) is 1. The minimum atomic E-state index is -0.500. The smallest absolute Gasteiger partial charge is 0.333 e. The molecule has 7 heteroatoms. The molecule has 2 amide bonds. The SMILES string of the molecule is CCOC(=O)/C=C1\SCC(=O)N1CC(=O)NCCC(C)C. The van der Waals surface area contributed by atoms with Crippen LogP contribution < -0.4 is 5.32 Å².